The molecule has 0 atom stereocenters. The van der Waals surface area contributed by atoms with E-state index in [0.717, 1.165) is 20.8 Å². The van der Waals surface area contributed by atoms with Gasteiger partial charge in [-0.1, -0.05) is 8.96 Å². The molecule has 0 aliphatic rings. The van der Waals surface area contributed by atoms with Crippen LogP contribution in [0.5, 0.6) is 0 Å². The van der Waals surface area contributed by atoms with Gasteiger partial charge in [0, 0.05) is 20.8 Å². The summed E-state index contributed by atoms with van der Waals surface area (Å²) in [6, 6.07) is -1.93. The Bertz CT molecular complexity index is 832. The lowest BCUT2D eigenvalue weighted by Gasteiger charge is -2.26. The standard InChI is InChI=1S/C16H17F5N2O7Si/c1-9(24)28-31(29-10(2)25,30-11(3)26)8-4-7-22(20)16(27)23(21)13-6-5-12(17)14(18)15(13)19/h5-6H,4,7-8H2,1-3H3. The number of hydrogen-bond acceptors (Lipinski definition) is 7. The molecule has 0 unspecified atom stereocenters. The predicted molar refractivity (Wildman–Crippen MR) is 93.6 cm³/mol. The van der Waals surface area contributed by atoms with Gasteiger partial charge in [-0.05, 0) is 18.6 Å². The number of hydrogen-bond donors (Lipinski definition) is 0. The van der Waals surface area contributed by atoms with Crippen molar-refractivity contribution in [3.63, 3.8) is 0 Å². The number of rotatable bonds is 8. The zero-order valence-electron chi connectivity index (χ0n) is 16.4. The van der Waals surface area contributed by atoms with Gasteiger partial charge in [0.15, 0.2) is 17.5 Å². The van der Waals surface area contributed by atoms with Crippen LogP contribution in [0.4, 0.5) is 32.6 Å². The summed E-state index contributed by atoms with van der Waals surface area (Å²) in [5.74, 6) is -8.72. The second-order valence-corrected chi connectivity index (χ2v) is 8.39. The highest BCUT2D eigenvalue weighted by Gasteiger charge is 2.51. The molecule has 0 aliphatic carbocycles. The van der Waals surface area contributed by atoms with Crippen molar-refractivity contribution in [2.45, 2.75) is 33.2 Å². The number of halogens is 5. The normalized spacial score (nSPS) is 10.8. The number of anilines is 1. The molecule has 1 aromatic carbocycles. The third-order valence-corrected chi connectivity index (χ3v) is 6.10. The van der Waals surface area contributed by atoms with Gasteiger partial charge in [-0.15, -0.1) is 5.12 Å². The van der Waals surface area contributed by atoms with Crippen molar-refractivity contribution >= 4 is 38.4 Å². The monoisotopic (exact) mass is 472 g/mol. The SMILES string of the molecule is CC(=O)O[Si](CCCN(F)C(=O)N(F)c1ccc(F)c(F)c1F)(OC(C)=O)OC(C)=O. The molecule has 0 aromatic heterocycles. The lowest BCUT2D eigenvalue weighted by Crippen LogP contribution is -2.49. The van der Waals surface area contributed by atoms with Gasteiger partial charge in [0.05, 0.1) is 12.6 Å². The molecule has 0 N–H and O–H groups in total. The lowest BCUT2D eigenvalue weighted by atomic mass is 10.3. The Morgan fingerprint density at radius 1 is 0.871 bits per heavy atom. The van der Waals surface area contributed by atoms with Crippen molar-refractivity contribution in [1.82, 2.24) is 5.12 Å². The van der Waals surface area contributed by atoms with Gasteiger partial charge in [0.1, 0.15) is 5.69 Å². The zero-order chi connectivity index (χ0) is 23.9. The first-order chi connectivity index (χ1) is 14.3. The second kappa shape index (κ2) is 10.7. The van der Waals surface area contributed by atoms with Gasteiger partial charge in [-0.3, -0.25) is 14.4 Å². The molecule has 0 fully saturated rings. The maximum atomic E-state index is 14.0. The molecule has 9 nitrogen and oxygen atoms in total. The highest BCUT2D eigenvalue weighted by atomic mass is 28.4. The predicted octanol–water partition coefficient (Wildman–Crippen LogP) is 3.12. The molecule has 0 heterocycles. The lowest BCUT2D eigenvalue weighted by molar-refractivity contribution is -0.147. The number of carbonyl (C=O) groups is 4. The van der Waals surface area contributed by atoms with Crippen molar-refractivity contribution in [1.29, 1.82) is 0 Å². The molecule has 0 aliphatic heterocycles. The number of urea groups is 1. The highest BCUT2D eigenvalue weighted by Crippen LogP contribution is 2.26. The third-order valence-electron chi connectivity index (χ3n) is 3.34. The average Bonchev–Trinajstić information content (AvgIpc) is 2.63. The third kappa shape index (κ3) is 7.20. The van der Waals surface area contributed by atoms with E-state index < -0.39 is 85.1 Å². The largest absolute Gasteiger partial charge is 0.705 e. The van der Waals surface area contributed by atoms with Gasteiger partial charge >= 0.3 is 14.8 Å². The molecule has 0 spiro atoms. The van der Waals surface area contributed by atoms with Crippen molar-refractivity contribution < 1.29 is 54.6 Å². The molecule has 0 saturated heterocycles. The number of carbonyl (C=O) groups excluding carboxylic acids is 4. The summed E-state index contributed by atoms with van der Waals surface area (Å²) in [6.45, 7) is 1.86. The van der Waals surface area contributed by atoms with E-state index in [0.29, 0.717) is 12.1 Å². The molecule has 0 bridgehead atoms. The number of nitrogens with zero attached hydrogens (tertiary/aromatic N) is 2. The minimum atomic E-state index is -4.31. The van der Waals surface area contributed by atoms with E-state index in [-0.39, 0.29) is 0 Å². The van der Waals surface area contributed by atoms with Crippen LogP contribution in [0.25, 0.3) is 0 Å². The van der Waals surface area contributed by atoms with Gasteiger partial charge in [-0.25, -0.2) is 18.0 Å². The molecule has 15 heteroatoms. The van der Waals surface area contributed by atoms with Gasteiger partial charge in [0.2, 0.25) is 0 Å². The van der Waals surface area contributed by atoms with Crippen LogP contribution in [0.15, 0.2) is 12.1 Å². The van der Waals surface area contributed by atoms with Gasteiger partial charge in [-0.2, -0.15) is 5.12 Å². The van der Waals surface area contributed by atoms with Crippen molar-refractivity contribution in [2.24, 2.45) is 0 Å². The smallest absolute Gasteiger partial charge is 0.455 e. The van der Waals surface area contributed by atoms with Crippen LogP contribution in [0.1, 0.15) is 27.2 Å². The topological polar surface area (TPSA) is 102 Å². The first-order valence-corrected chi connectivity index (χ1v) is 10.4. The Kier molecular flexibility index (Phi) is 8.90. The Labute approximate surface area is 173 Å². The van der Waals surface area contributed by atoms with Crippen LogP contribution in [0, 0.1) is 17.5 Å². The summed E-state index contributed by atoms with van der Waals surface area (Å²) in [5, 5.41) is -1.85. The fourth-order valence-electron chi connectivity index (χ4n) is 2.27. The Morgan fingerprint density at radius 3 is 1.81 bits per heavy atom. The second-order valence-electron chi connectivity index (χ2n) is 5.91. The number of benzene rings is 1. The molecular weight excluding hydrogens is 455 g/mol. The summed E-state index contributed by atoms with van der Waals surface area (Å²) in [6.07, 6.45) is -0.476. The Morgan fingerprint density at radius 2 is 1.35 bits per heavy atom. The van der Waals surface area contributed by atoms with Crippen LogP contribution >= 0.6 is 0 Å². The molecular formula is C16H17F5N2O7Si. The summed E-state index contributed by atoms with van der Waals surface area (Å²) in [7, 11) is -4.31. The fourth-order valence-corrected chi connectivity index (χ4v) is 4.60. The fraction of sp³-hybridized carbons (Fsp3) is 0.375. The summed E-state index contributed by atoms with van der Waals surface area (Å²) >= 11 is 0. The maximum Gasteiger partial charge on any atom is 0.705 e. The van der Waals surface area contributed by atoms with Crippen LogP contribution in [0.2, 0.25) is 6.04 Å². The van der Waals surface area contributed by atoms with Crippen LogP contribution < -0.4 is 5.12 Å². The summed E-state index contributed by atoms with van der Waals surface area (Å²) < 4.78 is 82.2. The molecule has 172 valence electrons. The molecule has 0 radical (unpaired) electrons. The molecule has 1 rings (SSSR count). The van der Waals surface area contributed by atoms with Crippen LogP contribution in [-0.2, 0) is 27.7 Å². The van der Waals surface area contributed by atoms with Crippen LogP contribution in [-0.4, -0.2) is 44.4 Å². The zero-order valence-corrected chi connectivity index (χ0v) is 17.4. The van der Waals surface area contributed by atoms with Crippen molar-refractivity contribution in [2.75, 3.05) is 11.7 Å². The molecule has 0 saturated carbocycles. The van der Waals surface area contributed by atoms with E-state index in [2.05, 4.69) is 0 Å². The van der Waals surface area contributed by atoms with E-state index in [4.69, 9.17) is 13.3 Å². The molecule has 1 aromatic rings. The minimum Gasteiger partial charge on any atom is -0.455 e. The molecule has 2 amide bonds. The van der Waals surface area contributed by atoms with E-state index in [1.54, 1.807) is 0 Å². The van der Waals surface area contributed by atoms with E-state index >= 15 is 0 Å². The van der Waals surface area contributed by atoms with Crippen LogP contribution in [0.3, 0.4) is 0 Å². The molecule has 31 heavy (non-hydrogen) atoms. The van der Waals surface area contributed by atoms with Gasteiger partial charge < -0.3 is 13.3 Å². The van der Waals surface area contributed by atoms with E-state index in [9.17, 15) is 41.3 Å². The maximum absolute atomic E-state index is 14.0. The van der Waals surface area contributed by atoms with E-state index in [1.807, 2.05) is 0 Å². The number of amides is 2. The summed E-state index contributed by atoms with van der Waals surface area (Å²) in [5.41, 5.74) is -1.38. The first kappa shape index (κ1) is 25.8. The van der Waals surface area contributed by atoms with E-state index in [1.165, 1.54) is 0 Å². The minimum absolute atomic E-state index is 0.327. The van der Waals surface area contributed by atoms with Crippen molar-refractivity contribution in [3.05, 3.63) is 29.6 Å². The van der Waals surface area contributed by atoms with Gasteiger partial charge in [0.25, 0.3) is 17.9 Å². The Balaban J connectivity index is 2.90. The Hall–Kier alpha value is -3.23. The quantitative estimate of drug-likeness (QED) is 0.248. The van der Waals surface area contributed by atoms with Crippen molar-refractivity contribution in [3.8, 4) is 0 Å². The average molecular weight is 472 g/mol. The highest BCUT2D eigenvalue weighted by molar-refractivity contribution is 6.65. The summed E-state index contributed by atoms with van der Waals surface area (Å²) in [4.78, 5) is 45.7. The first-order valence-electron chi connectivity index (χ1n) is 8.45.